The largest absolute Gasteiger partial charge is 0.324 e. The topological polar surface area (TPSA) is 60.9 Å². The van der Waals surface area contributed by atoms with E-state index in [4.69, 9.17) is 5.73 Å². The third-order valence-corrected chi connectivity index (χ3v) is 3.88. The smallest absolute Gasteiger partial charge is 0.182 e. The number of imidazole rings is 1. The molecular weight excluding hydrogens is 274 g/mol. The van der Waals surface area contributed by atoms with Gasteiger partial charge in [0.25, 0.3) is 0 Å². The number of carbonyl (C=O) groups is 1. The molecule has 0 saturated carbocycles. The lowest BCUT2D eigenvalue weighted by atomic mass is 10.1. The van der Waals surface area contributed by atoms with E-state index in [9.17, 15) is 4.79 Å². The van der Waals surface area contributed by atoms with Crippen molar-refractivity contribution in [3.05, 3.63) is 65.5 Å². The molecule has 3 aromatic rings. The zero-order chi connectivity index (χ0) is 15.5. The van der Waals surface area contributed by atoms with E-state index in [1.54, 1.807) is 0 Å². The molecule has 0 fully saturated rings. The molecule has 4 nitrogen and oxygen atoms in total. The lowest BCUT2D eigenvalue weighted by molar-refractivity contribution is 0.0972. The number of nitrogens with two attached hydrogens (primary N) is 1. The molecule has 0 unspecified atom stereocenters. The summed E-state index contributed by atoms with van der Waals surface area (Å²) in [6.07, 6.45) is 0.962. The van der Waals surface area contributed by atoms with E-state index in [0.717, 1.165) is 23.3 Å². The summed E-state index contributed by atoms with van der Waals surface area (Å²) in [5.41, 5.74) is 9.61. The SMILES string of the molecule is CCc1ccc2c(c1)nc(CN)n2CC(=O)c1ccccc1. The first-order chi connectivity index (χ1) is 10.7. The van der Waals surface area contributed by atoms with Crippen LogP contribution in [0.5, 0.6) is 0 Å². The Morgan fingerprint density at radius 2 is 1.95 bits per heavy atom. The zero-order valence-corrected chi connectivity index (χ0v) is 12.6. The molecule has 0 aliphatic carbocycles. The summed E-state index contributed by atoms with van der Waals surface area (Å²) in [6.45, 7) is 2.69. The average Bonchev–Trinajstić information content (AvgIpc) is 2.92. The molecule has 0 bridgehead atoms. The van der Waals surface area contributed by atoms with Gasteiger partial charge in [-0.1, -0.05) is 43.3 Å². The van der Waals surface area contributed by atoms with Gasteiger partial charge in [0.05, 0.1) is 24.1 Å². The molecule has 0 spiro atoms. The van der Waals surface area contributed by atoms with Gasteiger partial charge in [-0.15, -0.1) is 0 Å². The summed E-state index contributed by atoms with van der Waals surface area (Å²) in [7, 11) is 0. The molecule has 112 valence electrons. The molecule has 0 aliphatic heterocycles. The van der Waals surface area contributed by atoms with Crippen LogP contribution in [0, 0.1) is 0 Å². The van der Waals surface area contributed by atoms with E-state index in [1.165, 1.54) is 5.56 Å². The molecule has 4 heteroatoms. The number of hydrogen-bond acceptors (Lipinski definition) is 3. The number of fused-ring (bicyclic) bond motifs is 1. The first-order valence-corrected chi connectivity index (χ1v) is 7.49. The Labute approximate surface area is 129 Å². The van der Waals surface area contributed by atoms with E-state index in [0.29, 0.717) is 12.1 Å². The van der Waals surface area contributed by atoms with Crippen LogP contribution in [0.1, 0.15) is 28.7 Å². The van der Waals surface area contributed by atoms with Crippen LogP contribution >= 0.6 is 0 Å². The summed E-state index contributed by atoms with van der Waals surface area (Å²) in [5.74, 6) is 0.807. The summed E-state index contributed by atoms with van der Waals surface area (Å²) in [5, 5.41) is 0. The van der Waals surface area contributed by atoms with Crippen LogP contribution in [-0.2, 0) is 19.5 Å². The molecule has 1 heterocycles. The maximum Gasteiger partial charge on any atom is 0.182 e. The number of carbonyl (C=O) groups excluding carboxylic acids is 1. The van der Waals surface area contributed by atoms with E-state index < -0.39 is 0 Å². The van der Waals surface area contributed by atoms with E-state index in [-0.39, 0.29) is 12.3 Å². The normalized spacial score (nSPS) is 11.0. The third-order valence-electron chi connectivity index (χ3n) is 3.88. The van der Waals surface area contributed by atoms with Crippen LogP contribution in [-0.4, -0.2) is 15.3 Å². The highest BCUT2D eigenvalue weighted by atomic mass is 16.1. The second-order valence-corrected chi connectivity index (χ2v) is 5.28. The quantitative estimate of drug-likeness (QED) is 0.736. The van der Waals surface area contributed by atoms with Gasteiger partial charge in [-0.3, -0.25) is 4.79 Å². The number of ketones is 1. The van der Waals surface area contributed by atoms with Crippen LogP contribution in [0.15, 0.2) is 48.5 Å². The van der Waals surface area contributed by atoms with Crippen LogP contribution in [0.4, 0.5) is 0 Å². The lowest BCUT2D eigenvalue weighted by Gasteiger charge is -2.07. The summed E-state index contributed by atoms with van der Waals surface area (Å²) in [4.78, 5) is 17.0. The fourth-order valence-electron chi connectivity index (χ4n) is 2.64. The second kappa shape index (κ2) is 6.12. The predicted molar refractivity (Wildman–Crippen MR) is 87.8 cm³/mol. The van der Waals surface area contributed by atoms with Crippen LogP contribution in [0.3, 0.4) is 0 Å². The van der Waals surface area contributed by atoms with Crippen molar-refractivity contribution < 1.29 is 4.79 Å². The maximum absolute atomic E-state index is 12.5. The Morgan fingerprint density at radius 3 is 2.64 bits per heavy atom. The average molecular weight is 293 g/mol. The highest BCUT2D eigenvalue weighted by Crippen LogP contribution is 2.19. The van der Waals surface area contributed by atoms with Crippen molar-refractivity contribution in [3.8, 4) is 0 Å². The van der Waals surface area contributed by atoms with Crippen LogP contribution < -0.4 is 5.73 Å². The number of aromatic nitrogens is 2. The molecule has 1 aromatic heterocycles. The molecule has 3 rings (SSSR count). The number of hydrogen-bond donors (Lipinski definition) is 1. The monoisotopic (exact) mass is 293 g/mol. The minimum absolute atomic E-state index is 0.0640. The van der Waals surface area contributed by atoms with Gasteiger partial charge in [-0.25, -0.2) is 4.98 Å². The van der Waals surface area contributed by atoms with Gasteiger partial charge >= 0.3 is 0 Å². The summed E-state index contributed by atoms with van der Waals surface area (Å²) < 4.78 is 1.92. The minimum Gasteiger partial charge on any atom is -0.324 e. The minimum atomic E-state index is 0.0640. The fraction of sp³-hybridized carbons (Fsp3) is 0.222. The Hall–Kier alpha value is -2.46. The van der Waals surface area contributed by atoms with Gasteiger partial charge in [-0.05, 0) is 24.1 Å². The molecular formula is C18H19N3O. The predicted octanol–water partition coefficient (Wildman–Crippen LogP) is 2.94. The van der Waals surface area contributed by atoms with Crippen LogP contribution in [0.25, 0.3) is 11.0 Å². The standard InChI is InChI=1S/C18H19N3O/c1-2-13-8-9-16-15(10-13)20-18(11-19)21(16)12-17(22)14-6-4-3-5-7-14/h3-10H,2,11-12,19H2,1H3. The van der Waals surface area contributed by atoms with E-state index >= 15 is 0 Å². The van der Waals surface area contributed by atoms with Crippen LogP contribution in [0.2, 0.25) is 0 Å². The molecule has 0 atom stereocenters. The maximum atomic E-state index is 12.5. The van der Waals surface area contributed by atoms with Crippen molar-refractivity contribution in [3.63, 3.8) is 0 Å². The lowest BCUT2D eigenvalue weighted by Crippen LogP contribution is -2.15. The first kappa shape index (κ1) is 14.5. The molecule has 0 aliphatic rings. The van der Waals surface area contributed by atoms with E-state index in [2.05, 4.69) is 24.0 Å². The number of rotatable bonds is 5. The number of aryl methyl sites for hydroxylation is 1. The Morgan fingerprint density at radius 1 is 1.18 bits per heavy atom. The van der Waals surface area contributed by atoms with Crippen molar-refractivity contribution in [1.82, 2.24) is 9.55 Å². The van der Waals surface area contributed by atoms with Gasteiger partial charge < -0.3 is 10.3 Å². The van der Waals surface area contributed by atoms with E-state index in [1.807, 2.05) is 41.0 Å². The van der Waals surface area contributed by atoms with Crippen molar-refractivity contribution in [2.75, 3.05) is 0 Å². The zero-order valence-electron chi connectivity index (χ0n) is 12.6. The summed E-state index contributed by atoms with van der Waals surface area (Å²) >= 11 is 0. The Kier molecular flexibility index (Phi) is 4.02. The van der Waals surface area contributed by atoms with Gasteiger partial charge in [0.2, 0.25) is 0 Å². The van der Waals surface area contributed by atoms with Crippen molar-refractivity contribution in [1.29, 1.82) is 0 Å². The summed E-state index contributed by atoms with van der Waals surface area (Å²) in [6, 6.07) is 15.5. The molecule has 0 radical (unpaired) electrons. The third kappa shape index (κ3) is 2.65. The highest BCUT2D eigenvalue weighted by molar-refractivity contribution is 5.96. The highest BCUT2D eigenvalue weighted by Gasteiger charge is 2.14. The molecule has 0 saturated heterocycles. The Bertz CT molecular complexity index is 806. The number of benzene rings is 2. The van der Waals surface area contributed by atoms with Crippen molar-refractivity contribution >= 4 is 16.8 Å². The van der Waals surface area contributed by atoms with Gasteiger partial charge in [0.1, 0.15) is 5.82 Å². The van der Waals surface area contributed by atoms with Gasteiger partial charge in [-0.2, -0.15) is 0 Å². The molecule has 2 N–H and O–H groups in total. The van der Waals surface area contributed by atoms with Gasteiger partial charge in [0, 0.05) is 5.56 Å². The Balaban J connectivity index is 2.00. The first-order valence-electron chi connectivity index (χ1n) is 7.49. The van der Waals surface area contributed by atoms with Gasteiger partial charge in [0.15, 0.2) is 5.78 Å². The van der Waals surface area contributed by atoms with Crippen molar-refractivity contribution in [2.24, 2.45) is 5.73 Å². The number of nitrogens with zero attached hydrogens (tertiary/aromatic N) is 2. The number of Topliss-reactive ketones (excluding diaryl/α,β-unsaturated/α-hetero) is 1. The molecule has 2 aromatic carbocycles. The molecule has 22 heavy (non-hydrogen) atoms. The second-order valence-electron chi connectivity index (χ2n) is 5.28. The van der Waals surface area contributed by atoms with Crippen molar-refractivity contribution in [2.45, 2.75) is 26.4 Å². The molecule has 0 amide bonds. The fourth-order valence-corrected chi connectivity index (χ4v) is 2.64.